The minimum atomic E-state index is -0.0164. The van der Waals surface area contributed by atoms with Crippen molar-refractivity contribution < 1.29 is 4.79 Å². The van der Waals surface area contributed by atoms with E-state index in [0.717, 1.165) is 19.1 Å². The van der Waals surface area contributed by atoms with E-state index < -0.39 is 0 Å². The second-order valence-electron chi connectivity index (χ2n) is 6.07. The van der Waals surface area contributed by atoms with Crippen LogP contribution in [0.5, 0.6) is 0 Å². The summed E-state index contributed by atoms with van der Waals surface area (Å²) in [5.41, 5.74) is 0. The number of nitrogens with zero attached hydrogens (tertiary/aromatic N) is 2. The Balaban J connectivity index is 1.75. The van der Waals surface area contributed by atoms with Gasteiger partial charge in [-0.05, 0) is 45.7 Å². The van der Waals surface area contributed by atoms with Gasteiger partial charge in [0.15, 0.2) is 0 Å². The Hall–Kier alpha value is -0.870. The zero-order chi connectivity index (χ0) is 14.4. The van der Waals surface area contributed by atoms with E-state index >= 15 is 0 Å². The molecule has 2 rings (SSSR count). The number of piperidine rings is 2. The van der Waals surface area contributed by atoms with Crippen LogP contribution >= 0.6 is 0 Å². The lowest BCUT2D eigenvalue weighted by Gasteiger charge is -2.41. The summed E-state index contributed by atoms with van der Waals surface area (Å²) in [5, 5.41) is 2.89. The molecule has 4 heteroatoms. The fourth-order valence-corrected chi connectivity index (χ4v) is 3.41. The van der Waals surface area contributed by atoms with Gasteiger partial charge in [0, 0.05) is 25.7 Å². The van der Waals surface area contributed by atoms with Gasteiger partial charge in [-0.3, -0.25) is 9.69 Å². The summed E-state index contributed by atoms with van der Waals surface area (Å²) in [4.78, 5) is 17.0. The summed E-state index contributed by atoms with van der Waals surface area (Å²) in [6.07, 6.45) is 8.27. The lowest BCUT2D eigenvalue weighted by molar-refractivity contribution is -0.126. The first-order valence-electron chi connectivity index (χ1n) is 8.09. The quantitative estimate of drug-likeness (QED) is 0.777. The van der Waals surface area contributed by atoms with E-state index in [1.165, 1.54) is 45.2 Å². The fraction of sp³-hybridized carbons (Fsp3) is 0.812. The smallest absolute Gasteiger partial charge is 0.237 e. The number of carbonyl (C=O) groups is 1. The predicted molar refractivity (Wildman–Crippen MR) is 82.7 cm³/mol. The van der Waals surface area contributed by atoms with E-state index in [4.69, 9.17) is 0 Å². The molecule has 2 aliphatic rings. The Morgan fingerprint density at radius 2 is 1.90 bits per heavy atom. The van der Waals surface area contributed by atoms with Crippen molar-refractivity contribution in [1.82, 2.24) is 15.1 Å². The van der Waals surface area contributed by atoms with Gasteiger partial charge in [-0.15, -0.1) is 6.58 Å². The first kappa shape index (κ1) is 15.5. The van der Waals surface area contributed by atoms with Gasteiger partial charge in [0.2, 0.25) is 5.91 Å². The van der Waals surface area contributed by atoms with Crippen LogP contribution in [0.1, 0.15) is 39.0 Å². The van der Waals surface area contributed by atoms with Crippen molar-refractivity contribution in [3.05, 3.63) is 12.7 Å². The Bertz CT molecular complexity index is 318. The third kappa shape index (κ3) is 4.06. The molecule has 1 N–H and O–H groups in total. The fourth-order valence-electron chi connectivity index (χ4n) is 3.41. The Kier molecular flexibility index (Phi) is 6.05. The van der Waals surface area contributed by atoms with Crippen LogP contribution in [-0.4, -0.2) is 60.5 Å². The highest BCUT2D eigenvalue weighted by atomic mass is 16.2. The highest BCUT2D eigenvalue weighted by molar-refractivity contribution is 5.81. The first-order chi connectivity index (χ1) is 9.72. The molecule has 0 spiro atoms. The molecular formula is C16H29N3O. The summed E-state index contributed by atoms with van der Waals surface area (Å²) in [6, 6.07) is 0.729. The largest absolute Gasteiger partial charge is 0.351 e. The van der Waals surface area contributed by atoms with Crippen LogP contribution in [0.2, 0.25) is 0 Å². The molecule has 1 amide bonds. The number of hydrogen-bond donors (Lipinski definition) is 1. The molecule has 0 bridgehead atoms. The zero-order valence-corrected chi connectivity index (χ0v) is 12.8. The van der Waals surface area contributed by atoms with Crippen LogP contribution < -0.4 is 5.32 Å². The van der Waals surface area contributed by atoms with Gasteiger partial charge >= 0.3 is 0 Å². The SMILES string of the molecule is C=CCNC(=O)[C@H](C)N1CCC(N2CCCCC2)CC1. The number of hydrogen-bond acceptors (Lipinski definition) is 3. The molecule has 0 aromatic rings. The summed E-state index contributed by atoms with van der Waals surface area (Å²) < 4.78 is 0. The van der Waals surface area contributed by atoms with Gasteiger partial charge in [0.1, 0.15) is 0 Å². The van der Waals surface area contributed by atoms with Gasteiger partial charge in [-0.1, -0.05) is 12.5 Å². The highest BCUT2D eigenvalue weighted by Crippen LogP contribution is 2.21. The number of nitrogens with one attached hydrogen (secondary N) is 1. The number of likely N-dealkylation sites (tertiary alicyclic amines) is 2. The van der Waals surface area contributed by atoms with Crippen LogP contribution in [-0.2, 0) is 4.79 Å². The van der Waals surface area contributed by atoms with Crippen LogP contribution in [0.4, 0.5) is 0 Å². The topological polar surface area (TPSA) is 35.6 Å². The molecule has 2 heterocycles. The van der Waals surface area contributed by atoms with E-state index in [9.17, 15) is 4.79 Å². The lowest BCUT2D eigenvalue weighted by Crippen LogP contribution is -2.52. The molecule has 1 atom stereocenters. The van der Waals surface area contributed by atoms with Crippen molar-refractivity contribution in [2.24, 2.45) is 0 Å². The van der Waals surface area contributed by atoms with Crippen LogP contribution in [0.3, 0.4) is 0 Å². The second-order valence-corrected chi connectivity index (χ2v) is 6.07. The molecule has 2 fully saturated rings. The number of carbonyl (C=O) groups excluding carboxylic acids is 1. The minimum Gasteiger partial charge on any atom is -0.351 e. The van der Waals surface area contributed by atoms with E-state index in [-0.39, 0.29) is 11.9 Å². The second kappa shape index (κ2) is 7.79. The molecule has 0 aliphatic carbocycles. The minimum absolute atomic E-state index is 0.0164. The van der Waals surface area contributed by atoms with Gasteiger partial charge in [-0.2, -0.15) is 0 Å². The summed E-state index contributed by atoms with van der Waals surface area (Å²) in [5.74, 6) is 0.126. The standard InChI is InChI=1S/C16H29N3O/c1-3-9-17-16(20)14(2)18-12-7-15(8-13-18)19-10-5-4-6-11-19/h3,14-15H,1,4-13H2,2H3,(H,17,20)/t14-/m0/s1. The van der Waals surface area contributed by atoms with Crippen LogP contribution in [0.15, 0.2) is 12.7 Å². The normalized spacial score (nSPS) is 24.2. The van der Waals surface area contributed by atoms with E-state index in [1.807, 2.05) is 6.92 Å². The monoisotopic (exact) mass is 279 g/mol. The van der Waals surface area contributed by atoms with E-state index in [0.29, 0.717) is 6.54 Å². The summed E-state index contributed by atoms with van der Waals surface area (Å²) in [6.45, 7) is 10.9. The maximum atomic E-state index is 12.0. The molecule has 0 aromatic heterocycles. The molecule has 0 saturated carbocycles. The Labute approximate surface area is 123 Å². The van der Waals surface area contributed by atoms with Gasteiger partial charge < -0.3 is 10.2 Å². The lowest BCUT2D eigenvalue weighted by atomic mass is 9.99. The summed E-state index contributed by atoms with van der Waals surface area (Å²) >= 11 is 0. The first-order valence-corrected chi connectivity index (χ1v) is 8.09. The van der Waals surface area contributed by atoms with E-state index in [1.54, 1.807) is 6.08 Å². The average Bonchev–Trinajstić information content (AvgIpc) is 2.53. The maximum absolute atomic E-state index is 12.0. The van der Waals surface area contributed by atoms with Gasteiger partial charge in [0.25, 0.3) is 0 Å². The summed E-state index contributed by atoms with van der Waals surface area (Å²) in [7, 11) is 0. The number of rotatable bonds is 5. The highest BCUT2D eigenvalue weighted by Gasteiger charge is 2.29. The van der Waals surface area contributed by atoms with Crippen LogP contribution in [0, 0.1) is 0 Å². The van der Waals surface area contributed by atoms with Crippen molar-refractivity contribution in [2.75, 3.05) is 32.7 Å². The molecule has 20 heavy (non-hydrogen) atoms. The molecule has 4 nitrogen and oxygen atoms in total. The van der Waals surface area contributed by atoms with E-state index in [2.05, 4.69) is 21.7 Å². The van der Waals surface area contributed by atoms with Crippen molar-refractivity contribution in [3.8, 4) is 0 Å². The average molecular weight is 279 g/mol. The molecule has 114 valence electrons. The van der Waals surface area contributed by atoms with Crippen molar-refractivity contribution in [1.29, 1.82) is 0 Å². The third-order valence-electron chi connectivity index (χ3n) is 4.75. The van der Waals surface area contributed by atoms with Crippen LogP contribution in [0.25, 0.3) is 0 Å². The van der Waals surface area contributed by atoms with Crippen molar-refractivity contribution >= 4 is 5.91 Å². The zero-order valence-electron chi connectivity index (χ0n) is 12.8. The van der Waals surface area contributed by atoms with Gasteiger partial charge in [-0.25, -0.2) is 0 Å². The molecule has 2 saturated heterocycles. The molecule has 2 aliphatic heterocycles. The predicted octanol–water partition coefficient (Wildman–Crippen LogP) is 1.63. The van der Waals surface area contributed by atoms with Crippen molar-refractivity contribution in [3.63, 3.8) is 0 Å². The molecule has 0 unspecified atom stereocenters. The van der Waals surface area contributed by atoms with Gasteiger partial charge in [0.05, 0.1) is 6.04 Å². The number of amides is 1. The van der Waals surface area contributed by atoms with Crippen molar-refractivity contribution in [2.45, 2.75) is 51.1 Å². The molecular weight excluding hydrogens is 250 g/mol. The molecule has 0 radical (unpaired) electrons. The molecule has 0 aromatic carbocycles. The maximum Gasteiger partial charge on any atom is 0.237 e. The Morgan fingerprint density at radius 1 is 1.25 bits per heavy atom. The third-order valence-corrected chi connectivity index (χ3v) is 4.75. The Morgan fingerprint density at radius 3 is 2.50 bits per heavy atom.